The van der Waals surface area contributed by atoms with Crippen molar-refractivity contribution in [2.24, 2.45) is 0 Å². The fourth-order valence-corrected chi connectivity index (χ4v) is 4.26. The molecular weight excluding hydrogens is 358 g/mol. The van der Waals surface area contributed by atoms with Crippen molar-refractivity contribution in [2.75, 3.05) is 0 Å². The zero-order valence-corrected chi connectivity index (χ0v) is 16.1. The van der Waals surface area contributed by atoms with Gasteiger partial charge in [0.25, 0.3) is 0 Å². The summed E-state index contributed by atoms with van der Waals surface area (Å²) in [6, 6.07) is 18.9. The van der Waals surface area contributed by atoms with Gasteiger partial charge in [-0.1, -0.05) is 35.9 Å². The van der Waals surface area contributed by atoms with E-state index in [-0.39, 0.29) is 0 Å². The Labute approximate surface area is 166 Å². The first kappa shape index (κ1) is 16.2. The van der Waals surface area contributed by atoms with Crippen molar-refractivity contribution in [1.82, 2.24) is 15.0 Å². The highest BCUT2D eigenvalue weighted by atomic mass is 16.3. The largest absolute Gasteiger partial charge is 0.437 e. The zero-order chi connectivity index (χ0) is 19.5. The smallest absolute Gasteiger partial charge is 0.227 e. The number of rotatable bonds is 1. The van der Waals surface area contributed by atoms with Crippen LogP contribution in [-0.4, -0.2) is 15.0 Å². The van der Waals surface area contributed by atoms with Crippen molar-refractivity contribution < 1.29 is 4.42 Å². The fourth-order valence-electron chi connectivity index (χ4n) is 4.26. The Morgan fingerprint density at radius 2 is 1.69 bits per heavy atom. The second-order valence-electron chi connectivity index (χ2n) is 7.50. The predicted octanol–water partition coefficient (Wildman–Crippen LogP) is 6.36. The first-order valence-electron chi connectivity index (χ1n) is 9.62. The molecule has 0 unspecified atom stereocenters. The maximum Gasteiger partial charge on any atom is 0.227 e. The molecule has 0 saturated carbocycles. The van der Waals surface area contributed by atoms with Gasteiger partial charge in [0.1, 0.15) is 11.9 Å². The van der Waals surface area contributed by atoms with Crippen molar-refractivity contribution >= 4 is 43.7 Å². The summed E-state index contributed by atoms with van der Waals surface area (Å²) < 4.78 is 6.20. The van der Waals surface area contributed by atoms with Gasteiger partial charge < -0.3 is 4.42 Å². The fraction of sp³-hybridized carbons (Fsp3) is 0.0800. The lowest BCUT2D eigenvalue weighted by Crippen LogP contribution is -1.91. The van der Waals surface area contributed by atoms with E-state index in [0.717, 1.165) is 49.5 Å². The minimum absolute atomic E-state index is 0.650. The van der Waals surface area contributed by atoms with Crippen LogP contribution in [0.4, 0.5) is 0 Å². The molecule has 0 aliphatic heterocycles. The van der Waals surface area contributed by atoms with Gasteiger partial charge in [0.2, 0.25) is 5.71 Å². The molecule has 3 aromatic heterocycles. The van der Waals surface area contributed by atoms with Crippen molar-refractivity contribution in [3.05, 3.63) is 78.2 Å². The predicted molar refractivity (Wildman–Crippen MR) is 117 cm³/mol. The molecular formula is C25H17N3O. The summed E-state index contributed by atoms with van der Waals surface area (Å²) in [4.78, 5) is 13.7. The molecule has 0 spiro atoms. The lowest BCUT2D eigenvalue weighted by Gasteiger charge is -2.09. The average Bonchev–Trinajstić information content (AvgIpc) is 3.14. The highest BCUT2D eigenvalue weighted by Crippen LogP contribution is 2.39. The Hall–Kier alpha value is -3.79. The van der Waals surface area contributed by atoms with E-state index in [1.165, 1.54) is 10.9 Å². The minimum Gasteiger partial charge on any atom is -0.437 e. The van der Waals surface area contributed by atoms with E-state index in [2.05, 4.69) is 77.3 Å². The van der Waals surface area contributed by atoms with Gasteiger partial charge in [0.15, 0.2) is 0 Å². The molecule has 0 amide bonds. The zero-order valence-electron chi connectivity index (χ0n) is 16.1. The monoisotopic (exact) mass is 375 g/mol. The quantitative estimate of drug-likeness (QED) is 0.314. The Morgan fingerprint density at radius 1 is 0.793 bits per heavy atom. The number of benzene rings is 3. The third-order valence-corrected chi connectivity index (χ3v) is 5.64. The van der Waals surface area contributed by atoms with Gasteiger partial charge in [-0.2, -0.15) is 0 Å². The number of furan rings is 1. The van der Waals surface area contributed by atoms with Crippen molar-refractivity contribution in [3.63, 3.8) is 0 Å². The SMILES string of the molecule is Cc1ccc2c(ccc3c(-c4ccc(C)c5c4oc4ncccc45)ncnc32)c1. The van der Waals surface area contributed by atoms with Crippen LogP contribution < -0.4 is 0 Å². The van der Waals surface area contributed by atoms with Crippen molar-refractivity contribution in [3.8, 4) is 11.3 Å². The second kappa shape index (κ2) is 5.85. The van der Waals surface area contributed by atoms with Gasteiger partial charge in [-0.05, 0) is 49.1 Å². The molecule has 138 valence electrons. The number of fused-ring (bicyclic) bond motifs is 6. The third kappa shape index (κ3) is 2.29. The molecule has 0 aliphatic rings. The molecule has 3 aromatic carbocycles. The maximum absolute atomic E-state index is 6.20. The van der Waals surface area contributed by atoms with E-state index < -0.39 is 0 Å². The first-order valence-corrected chi connectivity index (χ1v) is 9.62. The van der Waals surface area contributed by atoms with Crippen LogP contribution >= 0.6 is 0 Å². The summed E-state index contributed by atoms with van der Waals surface area (Å²) in [6.07, 6.45) is 3.40. The van der Waals surface area contributed by atoms with Crippen LogP contribution in [0, 0.1) is 13.8 Å². The van der Waals surface area contributed by atoms with E-state index in [0.29, 0.717) is 5.71 Å². The molecule has 0 fully saturated rings. The summed E-state index contributed by atoms with van der Waals surface area (Å²) in [7, 11) is 0. The highest BCUT2D eigenvalue weighted by Gasteiger charge is 2.18. The number of hydrogen-bond donors (Lipinski definition) is 0. The minimum atomic E-state index is 0.650. The van der Waals surface area contributed by atoms with E-state index >= 15 is 0 Å². The summed E-state index contributed by atoms with van der Waals surface area (Å²) in [5, 5.41) is 5.45. The Balaban J connectivity index is 1.74. The molecule has 0 bridgehead atoms. The van der Waals surface area contributed by atoms with Crippen LogP contribution in [0.3, 0.4) is 0 Å². The third-order valence-electron chi connectivity index (χ3n) is 5.64. The number of nitrogens with zero attached hydrogens (tertiary/aromatic N) is 3. The van der Waals surface area contributed by atoms with E-state index in [1.807, 2.05) is 6.07 Å². The van der Waals surface area contributed by atoms with Crippen LogP contribution in [0.25, 0.3) is 55.0 Å². The molecule has 6 aromatic rings. The number of aryl methyl sites for hydroxylation is 2. The molecule has 4 heteroatoms. The van der Waals surface area contributed by atoms with Gasteiger partial charge in [-0.15, -0.1) is 0 Å². The van der Waals surface area contributed by atoms with Gasteiger partial charge >= 0.3 is 0 Å². The number of pyridine rings is 1. The molecule has 29 heavy (non-hydrogen) atoms. The van der Waals surface area contributed by atoms with E-state index in [9.17, 15) is 0 Å². The molecule has 0 N–H and O–H groups in total. The molecule has 0 atom stereocenters. The van der Waals surface area contributed by atoms with Gasteiger partial charge in [0.05, 0.1) is 11.2 Å². The van der Waals surface area contributed by atoms with E-state index in [4.69, 9.17) is 4.42 Å². The van der Waals surface area contributed by atoms with Crippen molar-refractivity contribution in [1.29, 1.82) is 0 Å². The first-order chi connectivity index (χ1) is 14.2. The topological polar surface area (TPSA) is 51.8 Å². The Morgan fingerprint density at radius 3 is 2.62 bits per heavy atom. The van der Waals surface area contributed by atoms with Gasteiger partial charge in [0, 0.05) is 33.3 Å². The van der Waals surface area contributed by atoms with Crippen LogP contribution in [0.5, 0.6) is 0 Å². The Kier molecular flexibility index (Phi) is 3.27. The van der Waals surface area contributed by atoms with Gasteiger partial charge in [-0.25, -0.2) is 15.0 Å². The standard InChI is InChI=1S/C25H17N3O/c1-14-5-8-17-16(12-14)7-10-19-22(17)27-13-28-23(19)20-9-6-15(2)21-18-4-3-11-26-25(18)29-24(20)21/h3-13H,1-2H3. The molecule has 4 nitrogen and oxygen atoms in total. The molecule has 0 radical (unpaired) electrons. The molecule has 0 aliphatic carbocycles. The van der Waals surface area contributed by atoms with Crippen molar-refractivity contribution in [2.45, 2.75) is 13.8 Å². The molecule has 0 saturated heterocycles. The number of hydrogen-bond acceptors (Lipinski definition) is 4. The average molecular weight is 375 g/mol. The summed E-state index contributed by atoms with van der Waals surface area (Å²) >= 11 is 0. The number of aromatic nitrogens is 3. The lowest BCUT2D eigenvalue weighted by atomic mass is 9.98. The molecule has 6 rings (SSSR count). The van der Waals surface area contributed by atoms with Crippen LogP contribution in [0.1, 0.15) is 11.1 Å². The lowest BCUT2D eigenvalue weighted by molar-refractivity contribution is 0.655. The van der Waals surface area contributed by atoms with Gasteiger partial charge in [-0.3, -0.25) is 0 Å². The molecule has 3 heterocycles. The highest BCUT2D eigenvalue weighted by molar-refractivity contribution is 6.14. The summed E-state index contributed by atoms with van der Waals surface area (Å²) in [6.45, 7) is 4.20. The van der Waals surface area contributed by atoms with Crippen LogP contribution in [0.2, 0.25) is 0 Å². The van der Waals surface area contributed by atoms with Crippen LogP contribution in [-0.2, 0) is 0 Å². The van der Waals surface area contributed by atoms with Crippen LogP contribution in [0.15, 0.2) is 71.5 Å². The second-order valence-corrected chi connectivity index (χ2v) is 7.50. The van der Waals surface area contributed by atoms with E-state index in [1.54, 1.807) is 12.5 Å². The maximum atomic E-state index is 6.20. The summed E-state index contributed by atoms with van der Waals surface area (Å²) in [5.41, 5.74) is 6.66. The Bertz CT molecular complexity index is 1580. The normalized spacial score (nSPS) is 11.8. The summed E-state index contributed by atoms with van der Waals surface area (Å²) in [5.74, 6) is 0.